The van der Waals surface area contributed by atoms with Gasteiger partial charge in [-0.15, -0.1) is 11.3 Å². The van der Waals surface area contributed by atoms with Crippen LogP contribution in [0.25, 0.3) is 0 Å². The van der Waals surface area contributed by atoms with Gasteiger partial charge in [-0.3, -0.25) is 10.1 Å². The normalized spacial score (nSPS) is 12.1. The number of aromatic nitrogens is 1. The van der Waals surface area contributed by atoms with E-state index < -0.39 is 4.92 Å². The van der Waals surface area contributed by atoms with Crippen molar-refractivity contribution in [2.75, 3.05) is 6.61 Å². The molecule has 0 aliphatic rings. The number of benzene rings is 1. The predicted molar refractivity (Wildman–Crippen MR) is 79.6 cm³/mol. The van der Waals surface area contributed by atoms with E-state index in [2.05, 4.69) is 4.98 Å². The molecule has 112 valence electrons. The average molecular weight is 308 g/mol. The molecule has 0 radical (unpaired) electrons. The van der Waals surface area contributed by atoms with Gasteiger partial charge in [0.15, 0.2) is 0 Å². The molecule has 7 heteroatoms. The van der Waals surface area contributed by atoms with Crippen molar-refractivity contribution < 1.29 is 14.4 Å². The van der Waals surface area contributed by atoms with E-state index in [9.17, 15) is 10.1 Å². The molecule has 0 spiro atoms. The zero-order valence-electron chi connectivity index (χ0n) is 11.8. The van der Waals surface area contributed by atoms with Crippen LogP contribution in [0.1, 0.15) is 30.7 Å². The molecule has 0 saturated heterocycles. The van der Waals surface area contributed by atoms with E-state index in [0.29, 0.717) is 12.4 Å². The van der Waals surface area contributed by atoms with Crippen molar-refractivity contribution in [2.24, 2.45) is 0 Å². The minimum atomic E-state index is -0.447. The van der Waals surface area contributed by atoms with Crippen LogP contribution in [0.2, 0.25) is 0 Å². The first-order valence-corrected chi connectivity index (χ1v) is 7.41. The zero-order chi connectivity index (χ0) is 15.2. The Bertz CT molecular complexity index is 615. The first-order valence-electron chi connectivity index (χ1n) is 6.53. The molecule has 2 aromatic rings. The summed E-state index contributed by atoms with van der Waals surface area (Å²) in [5, 5.41) is 13.5. The molecule has 1 atom stereocenters. The van der Waals surface area contributed by atoms with E-state index in [0.717, 1.165) is 10.7 Å². The molecule has 0 amide bonds. The van der Waals surface area contributed by atoms with Gasteiger partial charge in [-0.1, -0.05) is 6.07 Å². The van der Waals surface area contributed by atoms with Gasteiger partial charge in [0.1, 0.15) is 23.5 Å². The highest BCUT2D eigenvalue weighted by Crippen LogP contribution is 2.23. The Kier molecular flexibility index (Phi) is 5.24. The van der Waals surface area contributed by atoms with Gasteiger partial charge in [-0.25, -0.2) is 4.98 Å². The highest BCUT2D eigenvalue weighted by Gasteiger charge is 2.11. The number of non-ortho nitro benzene ring substituents is 1. The lowest BCUT2D eigenvalue weighted by Crippen LogP contribution is -2.01. The smallest absolute Gasteiger partial charge is 0.273 e. The number of hydrogen-bond donors (Lipinski definition) is 0. The highest BCUT2D eigenvalue weighted by atomic mass is 32.1. The number of rotatable bonds is 7. The third-order valence-corrected chi connectivity index (χ3v) is 3.80. The van der Waals surface area contributed by atoms with Crippen molar-refractivity contribution in [1.29, 1.82) is 0 Å². The second-order valence-corrected chi connectivity index (χ2v) is 5.21. The highest BCUT2D eigenvalue weighted by molar-refractivity contribution is 7.09. The lowest BCUT2D eigenvalue weighted by Gasteiger charge is -2.07. The second kappa shape index (κ2) is 7.14. The molecule has 0 N–H and O–H groups in total. The Labute approximate surface area is 126 Å². The molecule has 21 heavy (non-hydrogen) atoms. The predicted octanol–water partition coefficient (Wildman–Crippen LogP) is 3.73. The fourth-order valence-corrected chi connectivity index (χ4v) is 2.55. The summed E-state index contributed by atoms with van der Waals surface area (Å²) in [5.74, 6) is 0.455. The first kappa shape index (κ1) is 15.4. The topological polar surface area (TPSA) is 74.5 Å². The molecule has 2 rings (SSSR count). The third-order valence-electron chi connectivity index (χ3n) is 2.75. The van der Waals surface area contributed by atoms with E-state index in [4.69, 9.17) is 9.47 Å². The van der Waals surface area contributed by atoms with Crippen molar-refractivity contribution in [1.82, 2.24) is 4.98 Å². The molecule has 0 aliphatic carbocycles. The monoisotopic (exact) mass is 308 g/mol. The quantitative estimate of drug-likeness (QED) is 0.575. The Balaban J connectivity index is 1.97. The van der Waals surface area contributed by atoms with Crippen LogP contribution < -0.4 is 4.74 Å². The molecule has 0 aliphatic heterocycles. The zero-order valence-corrected chi connectivity index (χ0v) is 12.6. The van der Waals surface area contributed by atoms with Gasteiger partial charge in [-0.05, 0) is 19.9 Å². The van der Waals surface area contributed by atoms with Crippen LogP contribution in [-0.2, 0) is 11.3 Å². The second-order valence-electron chi connectivity index (χ2n) is 4.32. The molecule has 1 unspecified atom stereocenters. The number of thiazole rings is 1. The van der Waals surface area contributed by atoms with Crippen molar-refractivity contribution >= 4 is 17.0 Å². The lowest BCUT2D eigenvalue weighted by molar-refractivity contribution is -0.384. The number of hydrogen-bond acceptors (Lipinski definition) is 6. The molecule has 6 nitrogen and oxygen atoms in total. The SMILES string of the molecule is CCOC(C)c1nc(COc2cccc([N+](=O)[O-])c2)cs1. The summed E-state index contributed by atoms with van der Waals surface area (Å²) < 4.78 is 11.0. The maximum absolute atomic E-state index is 10.7. The standard InChI is InChI=1S/C14H16N2O4S/c1-3-19-10(2)14-15-11(9-21-14)8-20-13-6-4-5-12(7-13)16(17)18/h4-7,9-10H,3,8H2,1-2H3. The van der Waals surface area contributed by atoms with Crippen LogP contribution in [0, 0.1) is 10.1 Å². The Morgan fingerprint density at radius 3 is 3.00 bits per heavy atom. The van der Waals surface area contributed by atoms with Crippen molar-refractivity contribution in [3.8, 4) is 5.75 Å². The summed E-state index contributed by atoms with van der Waals surface area (Å²) in [6, 6.07) is 6.11. The molecule has 0 fully saturated rings. The van der Waals surface area contributed by atoms with Crippen LogP contribution in [0.3, 0.4) is 0 Å². The fourth-order valence-electron chi connectivity index (χ4n) is 1.74. The summed E-state index contributed by atoms with van der Waals surface area (Å²) in [5.41, 5.74) is 0.796. The molecule has 1 aromatic heterocycles. The lowest BCUT2D eigenvalue weighted by atomic mass is 10.3. The van der Waals surface area contributed by atoms with Gasteiger partial charge in [0.05, 0.1) is 16.7 Å². The molecule has 0 saturated carbocycles. The van der Waals surface area contributed by atoms with Gasteiger partial charge in [0.25, 0.3) is 5.69 Å². The van der Waals surface area contributed by atoms with Gasteiger partial charge < -0.3 is 9.47 Å². The molecule has 1 aromatic carbocycles. The summed E-state index contributed by atoms with van der Waals surface area (Å²) in [6.07, 6.45) is -0.0356. The molecule has 1 heterocycles. The largest absolute Gasteiger partial charge is 0.487 e. The number of ether oxygens (including phenoxy) is 2. The van der Waals surface area contributed by atoms with Crippen LogP contribution in [0.4, 0.5) is 5.69 Å². The van der Waals surface area contributed by atoms with E-state index in [1.165, 1.54) is 23.5 Å². The van der Waals surface area contributed by atoms with Gasteiger partial charge in [0.2, 0.25) is 0 Å². The number of nitro benzene ring substituents is 1. The molecular weight excluding hydrogens is 292 g/mol. The van der Waals surface area contributed by atoms with Crippen molar-refractivity contribution in [3.63, 3.8) is 0 Å². The van der Waals surface area contributed by atoms with Crippen LogP contribution in [-0.4, -0.2) is 16.5 Å². The minimum absolute atomic E-state index is 0.0106. The van der Waals surface area contributed by atoms with Gasteiger partial charge >= 0.3 is 0 Å². The van der Waals surface area contributed by atoms with Crippen LogP contribution >= 0.6 is 11.3 Å². The van der Waals surface area contributed by atoms with E-state index in [1.807, 2.05) is 19.2 Å². The fraction of sp³-hybridized carbons (Fsp3) is 0.357. The third kappa shape index (κ3) is 4.24. The van der Waals surface area contributed by atoms with Crippen molar-refractivity contribution in [2.45, 2.75) is 26.6 Å². The Morgan fingerprint density at radius 1 is 1.48 bits per heavy atom. The molecule has 0 bridgehead atoms. The van der Waals surface area contributed by atoms with Crippen molar-refractivity contribution in [3.05, 3.63) is 50.5 Å². The van der Waals surface area contributed by atoms with E-state index >= 15 is 0 Å². The van der Waals surface area contributed by atoms with E-state index in [-0.39, 0.29) is 18.4 Å². The molecular formula is C14H16N2O4S. The summed E-state index contributed by atoms with van der Waals surface area (Å²) in [4.78, 5) is 14.7. The summed E-state index contributed by atoms with van der Waals surface area (Å²) >= 11 is 1.52. The van der Waals surface area contributed by atoms with E-state index in [1.54, 1.807) is 12.1 Å². The van der Waals surface area contributed by atoms with Crippen LogP contribution in [0.5, 0.6) is 5.75 Å². The van der Waals surface area contributed by atoms with Gasteiger partial charge in [0, 0.05) is 18.1 Å². The minimum Gasteiger partial charge on any atom is -0.487 e. The Morgan fingerprint density at radius 2 is 2.29 bits per heavy atom. The summed E-state index contributed by atoms with van der Waals surface area (Å²) in [7, 11) is 0. The maximum atomic E-state index is 10.7. The average Bonchev–Trinajstić information content (AvgIpc) is 2.95. The first-order chi connectivity index (χ1) is 10.1. The van der Waals surface area contributed by atoms with Crippen LogP contribution in [0.15, 0.2) is 29.6 Å². The Hall–Kier alpha value is -1.99. The number of nitro groups is 1. The van der Waals surface area contributed by atoms with Gasteiger partial charge in [-0.2, -0.15) is 0 Å². The summed E-state index contributed by atoms with van der Waals surface area (Å²) in [6.45, 7) is 4.81. The number of nitrogens with zero attached hydrogens (tertiary/aromatic N) is 2. The maximum Gasteiger partial charge on any atom is 0.273 e.